The quantitative estimate of drug-likeness (QED) is 0.415. The monoisotopic (exact) mass is 434 g/mol. The second-order valence-corrected chi connectivity index (χ2v) is 20.3. The van der Waals surface area contributed by atoms with Crippen LogP contribution in [0.5, 0.6) is 0 Å². The van der Waals surface area contributed by atoms with Crippen molar-refractivity contribution in [3.8, 4) is 11.3 Å². The SMILES string of the molecule is [2H]C(C)(c1ccccc1)c1cc(-c2cccc(C(C)(C)C)c2)nc[c]1[Ge]([CH3])([CH3])[CH3]. The topological polar surface area (TPSA) is 12.9 Å². The van der Waals surface area contributed by atoms with Crippen LogP contribution in [0.25, 0.3) is 11.3 Å². The Morgan fingerprint density at radius 2 is 1.61 bits per heavy atom. The van der Waals surface area contributed by atoms with E-state index in [0.717, 1.165) is 22.4 Å². The molecule has 1 heterocycles. The first-order chi connectivity index (χ1) is 13.4. The van der Waals surface area contributed by atoms with Gasteiger partial charge in [-0.2, -0.15) is 0 Å². The first-order valence-electron chi connectivity index (χ1n) is 10.6. The standard InChI is InChI=1S/C26H33GeN/c1-19(20-12-9-8-10-13-20)23-17-25(28-18-24(23)27(5,6)7)21-14-11-15-22(16-21)26(2,3)4/h8-19H,1-7H3/i19D. The first kappa shape index (κ1) is 19.4. The van der Waals surface area contributed by atoms with Crippen LogP contribution in [0.2, 0.25) is 17.3 Å². The number of rotatable bonds is 4. The number of nitrogens with zero attached hydrogens (tertiary/aromatic N) is 1. The summed E-state index contributed by atoms with van der Waals surface area (Å²) in [5.41, 5.74) is 5.59. The third-order valence-corrected chi connectivity index (χ3v) is 9.57. The molecule has 0 radical (unpaired) electrons. The average Bonchev–Trinajstić information content (AvgIpc) is 2.67. The summed E-state index contributed by atoms with van der Waals surface area (Å²) in [6.45, 7) is 8.72. The number of pyridine rings is 1. The van der Waals surface area contributed by atoms with Crippen LogP contribution in [-0.4, -0.2) is 18.3 Å². The van der Waals surface area contributed by atoms with Gasteiger partial charge in [0, 0.05) is 0 Å². The van der Waals surface area contributed by atoms with E-state index in [1.54, 1.807) is 0 Å². The zero-order valence-electron chi connectivity index (χ0n) is 19.3. The Bertz CT molecular complexity index is 995. The molecular formula is C26H33GeN. The zero-order valence-corrected chi connectivity index (χ0v) is 20.4. The third kappa shape index (κ3) is 4.57. The fraction of sp³-hybridized carbons (Fsp3) is 0.346. The molecule has 0 aliphatic heterocycles. The number of benzene rings is 2. The molecule has 0 saturated carbocycles. The third-order valence-electron chi connectivity index (χ3n) is 5.35. The van der Waals surface area contributed by atoms with Crippen LogP contribution in [0.4, 0.5) is 0 Å². The van der Waals surface area contributed by atoms with Crippen molar-refractivity contribution in [3.05, 3.63) is 83.6 Å². The van der Waals surface area contributed by atoms with Gasteiger partial charge in [0.2, 0.25) is 0 Å². The second kappa shape index (κ2) is 7.87. The van der Waals surface area contributed by atoms with E-state index in [1.165, 1.54) is 9.96 Å². The van der Waals surface area contributed by atoms with Gasteiger partial charge >= 0.3 is 175 Å². The van der Waals surface area contributed by atoms with Gasteiger partial charge in [0.25, 0.3) is 0 Å². The molecule has 3 aromatic rings. The molecule has 0 aliphatic carbocycles. The predicted octanol–water partition coefficient (Wildman–Crippen LogP) is 6.74. The van der Waals surface area contributed by atoms with Crippen molar-refractivity contribution < 1.29 is 1.37 Å². The van der Waals surface area contributed by atoms with E-state index in [4.69, 9.17) is 4.98 Å². The molecule has 1 atom stereocenters. The van der Waals surface area contributed by atoms with E-state index in [0.29, 0.717) is 0 Å². The average molecular weight is 433 g/mol. The predicted molar refractivity (Wildman–Crippen MR) is 125 cm³/mol. The Morgan fingerprint density at radius 3 is 2.21 bits per heavy atom. The Hall–Kier alpha value is -1.87. The number of hydrogen-bond donors (Lipinski definition) is 0. The van der Waals surface area contributed by atoms with E-state index in [1.807, 2.05) is 25.1 Å². The van der Waals surface area contributed by atoms with Gasteiger partial charge in [-0.25, -0.2) is 0 Å². The molecule has 2 heteroatoms. The molecule has 1 unspecified atom stereocenters. The van der Waals surface area contributed by atoms with Gasteiger partial charge in [0.05, 0.1) is 0 Å². The second-order valence-electron chi connectivity index (χ2n) is 9.69. The molecule has 3 rings (SSSR count). The molecule has 0 aliphatic rings. The summed E-state index contributed by atoms with van der Waals surface area (Å²) in [5, 5.41) is 0. The molecule has 2 aromatic carbocycles. The molecule has 0 amide bonds. The summed E-state index contributed by atoms with van der Waals surface area (Å²) in [7, 11) is 0. The maximum absolute atomic E-state index is 9.33. The summed E-state index contributed by atoms with van der Waals surface area (Å²) in [4.78, 5) is 4.87. The van der Waals surface area contributed by atoms with Crippen molar-refractivity contribution >= 4 is 17.7 Å². The van der Waals surface area contributed by atoms with Crippen LogP contribution >= 0.6 is 0 Å². The maximum atomic E-state index is 9.33. The normalized spacial score (nSPS) is 15.0. The molecular weight excluding hydrogens is 399 g/mol. The summed E-state index contributed by atoms with van der Waals surface area (Å²) >= 11 is -2.22. The number of hydrogen-bond acceptors (Lipinski definition) is 1. The van der Waals surface area contributed by atoms with Gasteiger partial charge in [-0.05, 0) is 0 Å². The van der Waals surface area contributed by atoms with Crippen LogP contribution in [-0.2, 0) is 5.41 Å². The summed E-state index contributed by atoms with van der Waals surface area (Å²) in [6, 6.07) is 21.0. The molecule has 1 aromatic heterocycles. The van der Waals surface area contributed by atoms with E-state index >= 15 is 0 Å². The van der Waals surface area contributed by atoms with E-state index in [-0.39, 0.29) is 5.41 Å². The van der Waals surface area contributed by atoms with Crippen molar-refractivity contribution in [2.75, 3.05) is 0 Å². The van der Waals surface area contributed by atoms with E-state index in [2.05, 4.69) is 86.7 Å². The Labute approximate surface area is 175 Å². The molecule has 0 spiro atoms. The van der Waals surface area contributed by atoms with Crippen LogP contribution in [0.15, 0.2) is 66.9 Å². The minimum absolute atomic E-state index is 0.0908. The summed E-state index contributed by atoms with van der Waals surface area (Å²) in [6.07, 6.45) is 2.06. The molecule has 0 saturated heterocycles. The van der Waals surface area contributed by atoms with Crippen molar-refractivity contribution in [1.29, 1.82) is 0 Å². The van der Waals surface area contributed by atoms with Gasteiger partial charge < -0.3 is 0 Å². The fourth-order valence-electron chi connectivity index (χ4n) is 3.51. The van der Waals surface area contributed by atoms with Crippen molar-refractivity contribution in [2.24, 2.45) is 0 Å². The van der Waals surface area contributed by atoms with Crippen LogP contribution in [0.1, 0.15) is 51.7 Å². The van der Waals surface area contributed by atoms with E-state index in [9.17, 15) is 1.37 Å². The van der Waals surface area contributed by atoms with Crippen molar-refractivity contribution in [3.63, 3.8) is 0 Å². The van der Waals surface area contributed by atoms with Crippen LogP contribution in [0, 0.1) is 0 Å². The van der Waals surface area contributed by atoms with Crippen LogP contribution in [0.3, 0.4) is 0 Å². The molecule has 0 bridgehead atoms. The van der Waals surface area contributed by atoms with Gasteiger partial charge in [-0.3, -0.25) is 0 Å². The van der Waals surface area contributed by atoms with E-state index < -0.39 is 19.2 Å². The molecule has 0 N–H and O–H groups in total. The van der Waals surface area contributed by atoms with Gasteiger partial charge in [0.15, 0.2) is 0 Å². The van der Waals surface area contributed by atoms with Gasteiger partial charge in [-0.1, -0.05) is 0 Å². The molecule has 1 nitrogen and oxygen atoms in total. The Morgan fingerprint density at radius 1 is 0.929 bits per heavy atom. The zero-order chi connectivity index (χ0) is 21.4. The fourth-order valence-corrected chi connectivity index (χ4v) is 6.70. The first-order valence-corrected chi connectivity index (χ1v) is 17.4. The summed E-state index contributed by atoms with van der Waals surface area (Å²) in [5.74, 6) is 6.32. The van der Waals surface area contributed by atoms with Gasteiger partial charge in [-0.15, -0.1) is 0 Å². The Balaban J connectivity index is 2.20. The van der Waals surface area contributed by atoms with Crippen LogP contribution < -0.4 is 4.40 Å². The van der Waals surface area contributed by atoms with Crippen molar-refractivity contribution in [1.82, 2.24) is 4.98 Å². The molecule has 0 fully saturated rings. The summed E-state index contributed by atoms with van der Waals surface area (Å²) < 4.78 is 10.6. The number of aromatic nitrogens is 1. The molecule has 28 heavy (non-hydrogen) atoms. The Kier molecular flexibility index (Phi) is 5.46. The van der Waals surface area contributed by atoms with Gasteiger partial charge in [0.1, 0.15) is 0 Å². The van der Waals surface area contributed by atoms with Crippen molar-refractivity contribution in [2.45, 2.75) is 56.3 Å². The minimum atomic E-state index is -2.22. The molecule has 146 valence electrons.